The highest BCUT2D eigenvalue weighted by molar-refractivity contribution is 7.89. The van der Waals surface area contributed by atoms with Crippen molar-refractivity contribution >= 4 is 27.3 Å². The summed E-state index contributed by atoms with van der Waals surface area (Å²) >= 11 is 1.38. The highest BCUT2D eigenvalue weighted by Gasteiger charge is 2.28. The van der Waals surface area contributed by atoms with Crippen LogP contribution < -0.4 is 4.72 Å². The number of H-pyrrole nitrogens is 1. The second-order valence-electron chi connectivity index (χ2n) is 4.26. The van der Waals surface area contributed by atoms with E-state index in [1.807, 2.05) is 0 Å². The summed E-state index contributed by atoms with van der Waals surface area (Å²) in [6.45, 7) is 1.14. The van der Waals surface area contributed by atoms with Crippen LogP contribution in [0.4, 0.5) is 0 Å². The molecular weight excluding hydrogens is 318 g/mol. The molecule has 0 saturated heterocycles. The molecule has 1 unspecified atom stereocenters. The first-order valence-electron chi connectivity index (χ1n) is 5.81. The van der Waals surface area contributed by atoms with E-state index in [0.29, 0.717) is 5.56 Å². The molecule has 2 rings (SSSR count). The van der Waals surface area contributed by atoms with Gasteiger partial charge in [-0.2, -0.15) is 16.4 Å². The Morgan fingerprint density at radius 1 is 1.57 bits per heavy atom. The SMILES string of the molecule is Cc1[nH]nc(C(=O)O)c1S(=O)(=O)NCC(O)c1ccsc1. The molecule has 0 aromatic carbocycles. The molecule has 114 valence electrons. The molecule has 4 N–H and O–H groups in total. The summed E-state index contributed by atoms with van der Waals surface area (Å²) < 4.78 is 26.5. The molecule has 0 fully saturated rings. The molecule has 0 bridgehead atoms. The molecule has 0 amide bonds. The van der Waals surface area contributed by atoms with Crippen molar-refractivity contribution in [2.24, 2.45) is 0 Å². The van der Waals surface area contributed by atoms with Crippen LogP contribution in [-0.2, 0) is 10.0 Å². The number of aliphatic hydroxyl groups excluding tert-OH is 1. The minimum Gasteiger partial charge on any atom is -0.476 e. The predicted molar refractivity (Wildman–Crippen MR) is 74.8 cm³/mol. The highest BCUT2D eigenvalue weighted by Crippen LogP contribution is 2.19. The summed E-state index contributed by atoms with van der Waals surface area (Å²) in [5.41, 5.74) is 0.125. The van der Waals surface area contributed by atoms with Gasteiger partial charge in [0.2, 0.25) is 10.0 Å². The summed E-state index contributed by atoms with van der Waals surface area (Å²) in [5, 5.41) is 28.0. The van der Waals surface area contributed by atoms with E-state index in [1.54, 1.807) is 16.8 Å². The molecule has 8 nitrogen and oxygen atoms in total. The lowest BCUT2D eigenvalue weighted by molar-refractivity contribution is 0.0686. The molecule has 2 heterocycles. The van der Waals surface area contributed by atoms with Gasteiger partial charge in [0.05, 0.1) is 11.8 Å². The van der Waals surface area contributed by atoms with E-state index in [-0.39, 0.29) is 12.2 Å². The lowest BCUT2D eigenvalue weighted by Gasteiger charge is -2.11. The van der Waals surface area contributed by atoms with Crippen molar-refractivity contribution in [2.45, 2.75) is 17.9 Å². The summed E-state index contributed by atoms with van der Waals surface area (Å²) in [7, 11) is -4.09. The smallest absolute Gasteiger partial charge is 0.357 e. The number of nitrogens with zero attached hydrogens (tertiary/aromatic N) is 1. The second kappa shape index (κ2) is 5.93. The lowest BCUT2D eigenvalue weighted by atomic mass is 10.2. The van der Waals surface area contributed by atoms with E-state index < -0.39 is 32.7 Å². The number of nitrogens with one attached hydrogen (secondary N) is 2. The molecule has 0 spiro atoms. The summed E-state index contributed by atoms with van der Waals surface area (Å²) in [6.07, 6.45) is -1.01. The largest absolute Gasteiger partial charge is 0.476 e. The Bertz CT molecular complexity index is 736. The average Bonchev–Trinajstić information content (AvgIpc) is 3.04. The Labute approximate surface area is 124 Å². The van der Waals surface area contributed by atoms with Crippen LogP contribution >= 0.6 is 11.3 Å². The molecule has 21 heavy (non-hydrogen) atoms. The van der Waals surface area contributed by atoms with Crippen molar-refractivity contribution in [3.05, 3.63) is 33.8 Å². The number of aromatic amines is 1. The van der Waals surface area contributed by atoms with Gasteiger partial charge in [0.1, 0.15) is 4.90 Å². The van der Waals surface area contributed by atoms with Gasteiger partial charge in [-0.15, -0.1) is 0 Å². The number of carboxylic acid groups (broad SMARTS) is 1. The minimum absolute atomic E-state index is 0.116. The zero-order valence-corrected chi connectivity index (χ0v) is 12.5. The Hall–Kier alpha value is -1.75. The maximum atomic E-state index is 12.2. The molecule has 0 aliphatic rings. The minimum atomic E-state index is -4.09. The first kappa shape index (κ1) is 15.6. The average molecular weight is 331 g/mol. The molecule has 0 aliphatic heterocycles. The number of aryl methyl sites for hydroxylation is 1. The molecular formula is C11H13N3O5S2. The number of sulfonamides is 1. The van der Waals surface area contributed by atoms with E-state index in [2.05, 4.69) is 14.9 Å². The maximum Gasteiger partial charge on any atom is 0.357 e. The van der Waals surface area contributed by atoms with E-state index in [4.69, 9.17) is 5.11 Å². The monoisotopic (exact) mass is 331 g/mol. The normalized spacial score (nSPS) is 13.2. The third-order valence-electron chi connectivity index (χ3n) is 2.76. The van der Waals surface area contributed by atoms with Gasteiger partial charge >= 0.3 is 5.97 Å². The Kier molecular flexibility index (Phi) is 4.42. The van der Waals surface area contributed by atoms with Gasteiger partial charge in [0.15, 0.2) is 5.69 Å². The number of thiophene rings is 1. The number of aliphatic hydroxyl groups is 1. The molecule has 0 aliphatic carbocycles. The van der Waals surface area contributed by atoms with Crippen LogP contribution in [0.1, 0.15) is 27.8 Å². The second-order valence-corrected chi connectivity index (χ2v) is 6.74. The number of aromatic nitrogens is 2. The van der Waals surface area contributed by atoms with E-state index >= 15 is 0 Å². The Morgan fingerprint density at radius 3 is 2.86 bits per heavy atom. The van der Waals surface area contributed by atoms with Gasteiger partial charge in [-0.05, 0) is 29.3 Å². The van der Waals surface area contributed by atoms with Crippen LogP contribution in [0.2, 0.25) is 0 Å². The molecule has 0 saturated carbocycles. The maximum absolute atomic E-state index is 12.2. The standard InChI is InChI=1S/C11H13N3O5S2/c1-6-10(9(11(16)17)14-13-6)21(18,19)12-4-8(15)7-2-3-20-5-7/h2-3,5,8,12,15H,4H2,1H3,(H,13,14)(H,16,17). The molecule has 2 aromatic heterocycles. The van der Waals surface area contributed by atoms with Crippen LogP contribution in [0.25, 0.3) is 0 Å². The quantitative estimate of drug-likeness (QED) is 0.609. The van der Waals surface area contributed by atoms with Gasteiger partial charge < -0.3 is 10.2 Å². The number of hydrogen-bond acceptors (Lipinski definition) is 6. The van der Waals surface area contributed by atoms with E-state index in [1.165, 1.54) is 18.3 Å². The van der Waals surface area contributed by atoms with Gasteiger partial charge in [-0.3, -0.25) is 5.10 Å². The number of carbonyl (C=O) groups is 1. The van der Waals surface area contributed by atoms with E-state index in [9.17, 15) is 18.3 Å². The van der Waals surface area contributed by atoms with Gasteiger partial charge in [-0.1, -0.05) is 0 Å². The topological polar surface area (TPSA) is 132 Å². The summed E-state index contributed by atoms with van der Waals surface area (Å²) in [6, 6.07) is 1.68. The fourth-order valence-corrected chi connectivity index (χ4v) is 3.80. The van der Waals surface area contributed by atoms with Crippen molar-refractivity contribution in [2.75, 3.05) is 6.54 Å². The lowest BCUT2D eigenvalue weighted by Crippen LogP contribution is -2.29. The zero-order chi connectivity index (χ0) is 15.6. The van der Waals surface area contributed by atoms with Crippen molar-refractivity contribution in [1.82, 2.24) is 14.9 Å². The third-order valence-corrected chi connectivity index (χ3v) is 5.04. The molecule has 1 atom stereocenters. The van der Waals surface area contributed by atoms with Gasteiger partial charge in [0.25, 0.3) is 0 Å². The molecule has 0 radical (unpaired) electrons. The first-order chi connectivity index (χ1) is 9.83. The Balaban J connectivity index is 2.20. The zero-order valence-electron chi connectivity index (χ0n) is 10.9. The fraction of sp³-hybridized carbons (Fsp3) is 0.273. The van der Waals surface area contributed by atoms with E-state index in [0.717, 1.165) is 0 Å². The van der Waals surface area contributed by atoms with Crippen LogP contribution in [0.5, 0.6) is 0 Å². The van der Waals surface area contributed by atoms with Crippen molar-refractivity contribution < 1.29 is 23.4 Å². The number of aromatic carboxylic acids is 1. The van der Waals surface area contributed by atoms with Crippen LogP contribution in [0.3, 0.4) is 0 Å². The Morgan fingerprint density at radius 2 is 2.29 bits per heavy atom. The molecule has 2 aromatic rings. The fourth-order valence-electron chi connectivity index (χ4n) is 1.74. The number of rotatable bonds is 6. The van der Waals surface area contributed by atoms with Crippen molar-refractivity contribution in [3.8, 4) is 0 Å². The number of hydrogen-bond donors (Lipinski definition) is 4. The predicted octanol–water partition coefficient (Wildman–Crippen LogP) is 0.490. The van der Waals surface area contributed by atoms with Gasteiger partial charge in [-0.25, -0.2) is 17.9 Å². The van der Waals surface area contributed by atoms with Crippen LogP contribution in [0.15, 0.2) is 21.7 Å². The van der Waals surface area contributed by atoms with Crippen LogP contribution in [-0.4, -0.2) is 41.3 Å². The first-order valence-corrected chi connectivity index (χ1v) is 8.23. The van der Waals surface area contributed by atoms with Gasteiger partial charge in [0, 0.05) is 6.54 Å². The van der Waals surface area contributed by atoms with Crippen molar-refractivity contribution in [3.63, 3.8) is 0 Å². The third kappa shape index (κ3) is 3.29. The summed E-state index contributed by atoms with van der Waals surface area (Å²) in [5.74, 6) is -1.45. The highest BCUT2D eigenvalue weighted by atomic mass is 32.2. The molecule has 10 heteroatoms. The van der Waals surface area contributed by atoms with Crippen molar-refractivity contribution in [1.29, 1.82) is 0 Å². The summed E-state index contributed by atoms with van der Waals surface area (Å²) in [4.78, 5) is 10.6. The van der Waals surface area contributed by atoms with Crippen LogP contribution in [0, 0.1) is 6.92 Å². The number of carboxylic acids is 1.